The second-order valence-corrected chi connectivity index (χ2v) is 6.11. The lowest BCUT2D eigenvalue weighted by Gasteiger charge is -2.44. The van der Waals surface area contributed by atoms with Crippen LogP contribution in [-0.4, -0.2) is 41.3 Å². The Hall–Kier alpha value is -0.840. The van der Waals surface area contributed by atoms with E-state index in [1.54, 1.807) is 0 Å². The van der Waals surface area contributed by atoms with Gasteiger partial charge in [-0.3, -0.25) is 4.90 Å². The molecule has 1 aliphatic rings. The summed E-state index contributed by atoms with van der Waals surface area (Å²) in [6, 6.07) is 6.42. The molecule has 1 aromatic rings. The van der Waals surface area contributed by atoms with Crippen LogP contribution >= 0.6 is 23.8 Å². The summed E-state index contributed by atoms with van der Waals surface area (Å²) in [6.45, 7) is 8.16. The molecular formula is C14H20ClN3S. The molecule has 0 spiro atoms. The van der Waals surface area contributed by atoms with E-state index in [0.29, 0.717) is 6.04 Å². The maximum Gasteiger partial charge on any atom is 0.178 e. The van der Waals surface area contributed by atoms with Gasteiger partial charge in [0.2, 0.25) is 0 Å². The molecule has 1 saturated heterocycles. The van der Waals surface area contributed by atoms with Crippen molar-refractivity contribution in [1.29, 1.82) is 0 Å². The van der Waals surface area contributed by atoms with Gasteiger partial charge in [-0.25, -0.2) is 0 Å². The number of hydrogen-bond acceptors (Lipinski definition) is 2. The van der Waals surface area contributed by atoms with E-state index in [9.17, 15) is 0 Å². The van der Waals surface area contributed by atoms with Crippen LogP contribution in [0.5, 0.6) is 0 Å². The van der Waals surface area contributed by atoms with Crippen molar-refractivity contribution < 1.29 is 0 Å². The largest absolute Gasteiger partial charge is 0.339 e. The number of halogens is 1. The Morgan fingerprint density at radius 1 is 1.26 bits per heavy atom. The highest BCUT2D eigenvalue weighted by Crippen LogP contribution is 2.27. The van der Waals surface area contributed by atoms with E-state index < -0.39 is 0 Å². The first kappa shape index (κ1) is 14.6. The smallest absolute Gasteiger partial charge is 0.178 e. The number of anilines is 1. The number of aryl methyl sites for hydroxylation is 1. The monoisotopic (exact) mass is 297 g/mol. The number of hydrogen-bond donors (Lipinski definition) is 0. The summed E-state index contributed by atoms with van der Waals surface area (Å²) in [6.07, 6.45) is 0. The van der Waals surface area contributed by atoms with Gasteiger partial charge < -0.3 is 9.80 Å². The molecule has 0 aliphatic carbocycles. The predicted molar refractivity (Wildman–Crippen MR) is 85.7 cm³/mol. The molecule has 0 bridgehead atoms. The van der Waals surface area contributed by atoms with Crippen molar-refractivity contribution in [2.45, 2.75) is 26.8 Å². The zero-order valence-electron chi connectivity index (χ0n) is 11.9. The van der Waals surface area contributed by atoms with E-state index in [4.69, 9.17) is 23.8 Å². The normalized spacial score (nSPS) is 17.5. The molecule has 0 amide bonds. The summed E-state index contributed by atoms with van der Waals surface area (Å²) in [7, 11) is 2.03. The van der Waals surface area contributed by atoms with Gasteiger partial charge in [0.05, 0.1) is 13.3 Å². The number of rotatable bonds is 2. The molecule has 3 nitrogen and oxygen atoms in total. The minimum absolute atomic E-state index is 0.479. The third-order valence-electron chi connectivity index (χ3n) is 3.47. The van der Waals surface area contributed by atoms with Gasteiger partial charge in [-0.1, -0.05) is 17.7 Å². The van der Waals surface area contributed by atoms with Crippen molar-refractivity contribution in [2.24, 2.45) is 0 Å². The predicted octanol–water partition coefficient (Wildman–Crippen LogP) is 3.31. The molecule has 0 atom stereocenters. The third kappa shape index (κ3) is 3.02. The highest BCUT2D eigenvalue weighted by Gasteiger charge is 2.28. The van der Waals surface area contributed by atoms with Crippen LogP contribution in [0, 0.1) is 6.92 Å². The topological polar surface area (TPSA) is 9.72 Å². The van der Waals surface area contributed by atoms with Crippen molar-refractivity contribution in [2.75, 3.05) is 25.3 Å². The summed E-state index contributed by atoms with van der Waals surface area (Å²) in [5.74, 6) is 0. The van der Waals surface area contributed by atoms with E-state index in [1.165, 1.54) is 5.56 Å². The average Bonchev–Trinajstić information content (AvgIpc) is 2.35. The van der Waals surface area contributed by atoms with Crippen LogP contribution in [0.3, 0.4) is 0 Å². The summed E-state index contributed by atoms with van der Waals surface area (Å²) in [5, 5.41) is 1.59. The fraction of sp³-hybridized carbons (Fsp3) is 0.500. The van der Waals surface area contributed by atoms with Gasteiger partial charge in [0.25, 0.3) is 0 Å². The molecule has 0 unspecified atom stereocenters. The standard InChI is InChI=1S/C14H20ClN3S/c1-10(2)17-8-16(4)14(19)18(9-17)13-7-12(15)6-5-11(13)3/h5-7,10H,8-9H2,1-4H3. The molecule has 0 saturated carbocycles. The van der Waals surface area contributed by atoms with E-state index in [-0.39, 0.29) is 0 Å². The Morgan fingerprint density at radius 2 is 1.95 bits per heavy atom. The molecule has 2 rings (SSSR count). The molecule has 5 heteroatoms. The quantitative estimate of drug-likeness (QED) is 0.775. The van der Waals surface area contributed by atoms with E-state index >= 15 is 0 Å². The summed E-state index contributed by atoms with van der Waals surface area (Å²) in [5.41, 5.74) is 2.28. The molecule has 1 heterocycles. The average molecular weight is 298 g/mol. The second-order valence-electron chi connectivity index (χ2n) is 5.30. The Balaban J connectivity index is 2.35. The Labute approximate surface area is 125 Å². The molecule has 1 aliphatic heterocycles. The number of benzene rings is 1. The minimum Gasteiger partial charge on any atom is -0.339 e. The van der Waals surface area contributed by atoms with Gasteiger partial charge >= 0.3 is 0 Å². The van der Waals surface area contributed by atoms with Gasteiger partial charge in [0, 0.05) is 23.8 Å². The first-order chi connectivity index (χ1) is 8.90. The maximum atomic E-state index is 6.12. The fourth-order valence-corrected chi connectivity index (χ4v) is 2.59. The first-order valence-corrected chi connectivity index (χ1v) is 7.21. The van der Waals surface area contributed by atoms with E-state index in [1.807, 2.05) is 25.2 Å². The molecule has 0 N–H and O–H groups in total. The highest BCUT2D eigenvalue weighted by atomic mass is 35.5. The van der Waals surface area contributed by atoms with E-state index in [2.05, 4.69) is 35.5 Å². The van der Waals surface area contributed by atoms with Gasteiger partial charge in [0.15, 0.2) is 5.11 Å². The summed E-state index contributed by atoms with van der Waals surface area (Å²) in [4.78, 5) is 6.62. The van der Waals surface area contributed by atoms with Crippen LogP contribution in [0.15, 0.2) is 18.2 Å². The van der Waals surface area contributed by atoms with Crippen molar-refractivity contribution in [1.82, 2.24) is 9.80 Å². The van der Waals surface area contributed by atoms with Crippen LogP contribution in [0.2, 0.25) is 5.02 Å². The SMILES string of the molecule is Cc1ccc(Cl)cc1N1CN(C(C)C)CN(C)C1=S. The lowest BCUT2D eigenvalue weighted by Crippen LogP contribution is -2.58. The van der Waals surface area contributed by atoms with Crippen LogP contribution in [0.1, 0.15) is 19.4 Å². The van der Waals surface area contributed by atoms with Gasteiger partial charge in [-0.2, -0.15) is 0 Å². The van der Waals surface area contributed by atoms with Crippen molar-refractivity contribution in [3.63, 3.8) is 0 Å². The van der Waals surface area contributed by atoms with Crippen LogP contribution in [0.25, 0.3) is 0 Å². The molecular weight excluding hydrogens is 278 g/mol. The fourth-order valence-electron chi connectivity index (χ4n) is 2.21. The molecule has 1 fully saturated rings. The Kier molecular flexibility index (Phi) is 4.33. The molecule has 0 aromatic heterocycles. The molecule has 19 heavy (non-hydrogen) atoms. The summed E-state index contributed by atoms with van der Waals surface area (Å²) < 4.78 is 0. The van der Waals surface area contributed by atoms with Crippen molar-refractivity contribution >= 4 is 34.6 Å². The minimum atomic E-state index is 0.479. The lowest BCUT2D eigenvalue weighted by atomic mass is 10.2. The maximum absolute atomic E-state index is 6.12. The first-order valence-electron chi connectivity index (χ1n) is 6.43. The van der Waals surface area contributed by atoms with Gasteiger partial charge in [-0.15, -0.1) is 0 Å². The van der Waals surface area contributed by atoms with E-state index in [0.717, 1.165) is 29.2 Å². The Morgan fingerprint density at radius 3 is 2.58 bits per heavy atom. The molecule has 1 aromatic carbocycles. The van der Waals surface area contributed by atoms with Crippen molar-refractivity contribution in [3.8, 4) is 0 Å². The Bertz CT molecular complexity index is 490. The second kappa shape index (κ2) is 5.65. The molecule has 0 radical (unpaired) electrons. The van der Waals surface area contributed by atoms with Crippen molar-refractivity contribution in [3.05, 3.63) is 28.8 Å². The zero-order chi connectivity index (χ0) is 14.2. The number of nitrogens with zero attached hydrogens (tertiary/aromatic N) is 3. The van der Waals surface area contributed by atoms with Gasteiger partial charge in [-0.05, 0) is 50.7 Å². The third-order valence-corrected chi connectivity index (χ3v) is 4.23. The highest BCUT2D eigenvalue weighted by molar-refractivity contribution is 7.80. The van der Waals surface area contributed by atoms with Crippen LogP contribution in [-0.2, 0) is 0 Å². The van der Waals surface area contributed by atoms with Gasteiger partial charge in [0.1, 0.15) is 0 Å². The zero-order valence-corrected chi connectivity index (χ0v) is 13.4. The summed E-state index contributed by atoms with van der Waals surface area (Å²) >= 11 is 11.7. The number of thiocarbonyl (C=S) groups is 1. The lowest BCUT2D eigenvalue weighted by molar-refractivity contribution is 0.148. The van der Waals surface area contributed by atoms with Crippen LogP contribution < -0.4 is 4.90 Å². The molecule has 104 valence electrons. The van der Waals surface area contributed by atoms with Crippen LogP contribution in [0.4, 0.5) is 5.69 Å².